The van der Waals surface area contributed by atoms with E-state index in [1.807, 2.05) is 68.4 Å². The van der Waals surface area contributed by atoms with Crippen molar-refractivity contribution in [2.24, 2.45) is 0 Å². The highest BCUT2D eigenvalue weighted by Crippen LogP contribution is 2.27. The monoisotopic (exact) mass is 653 g/mol. The fourth-order valence-electron chi connectivity index (χ4n) is 6.02. The molecule has 0 spiro atoms. The second-order valence-corrected chi connectivity index (χ2v) is 13.8. The number of para-hydroxylation sites is 1. The van der Waals surface area contributed by atoms with Crippen LogP contribution < -0.4 is 14.4 Å². The third kappa shape index (κ3) is 8.60. The SMILES string of the molecule is CCOc1ccc(S(=O)(=O)N(CC(=O)N(Cc2ccccc2C)[C@@H](Cc2ccccc2)C(=O)NC2CCCC2)c2ccccc2)cc1. The van der Waals surface area contributed by atoms with Gasteiger partial charge in [0, 0.05) is 19.0 Å². The van der Waals surface area contributed by atoms with Crippen LogP contribution in [0.2, 0.25) is 0 Å². The number of amides is 2. The van der Waals surface area contributed by atoms with E-state index in [4.69, 9.17) is 4.74 Å². The zero-order valence-electron chi connectivity index (χ0n) is 27.0. The molecular weight excluding hydrogens is 611 g/mol. The molecule has 5 rings (SSSR count). The Hall–Kier alpha value is -4.63. The lowest BCUT2D eigenvalue weighted by molar-refractivity contribution is -0.140. The van der Waals surface area contributed by atoms with E-state index in [-0.39, 0.29) is 29.8 Å². The molecule has 1 atom stereocenters. The Morgan fingerprint density at radius 2 is 1.47 bits per heavy atom. The lowest BCUT2D eigenvalue weighted by Crippen LogP contribution is -2.54. The van der Waals surface area contributed by atoms with Crippen LogP contribution in [-0.4, -0.2) is 50.4 Å². The molecule has 0 heterocycles. The van der Waals surface area contributed by atoms with Gasteiger partial charge in [-0.1, -0.05) is 85.6 Å². The Balaban J connectivity index is 1.54. The standard InChI is InChI=1S/C38H43N3O5S/c1-3-46-34-22-24-35(25-23-34)47(44,45)41(33-20-8-5-9-21-33)28-37(42)40(27-31-17-11-10-14-29(31)2)36(26-30-15-6-4-7-16-30)38(43)39-32-18-12-13-19-32/h4-11,14-17,20-25,32,36H,3,12-13,18-19,26-28H2,1-2H3,(H,39,43)/t36-/m0/s1. The quantitative estimate of drug-likeness (QED) is 0.173. The highest BCUT2D eigenvalue weighted by Gasteiger charge is 2.35. The van der Waals surface area contributed by atoms with Gasteiger partial charge in [-0.05, 0) is 79.8 Å². The van der Waals surface area contributed by atoms with Crippen molar-refractivity contribution in [2.45, 2.75) is 69.5 Å². The van der Waals surface area contributed by atoms with Crippen molar-refractivity contribution in [3.8, 4) is 5.75 Å². The number of aryl methyl sites for hydroxylation is 1. The van der Waals surface area contributed by atoms with Crippen molar-refractivity contribution in [2.75, 3.05) is 17.5 Å². The number of nitrogens with zero attached hydrogens (tertiary/aromatic N) is 2. The molecule has 1 N–H and O–H groups in total. The smallest absolute Gasteiger partial charge is 0.264 e. The first-order valence-corrected chi connectivity index (χ1v) is 17.7. The number of hydrogen-bond acceptors (Lipinski definition) is 5. The number of nitrogens with one attached hydrogen (secondary N) is 1. The van der Waals surface area contributed by atoms with E-state index >= 15 is 0 Å². The fourth-order valence-corrected chi connectivity index (χ4v) is 7.43. The van der Waals surface area contributed by atoms with E-state index in [1.54, 1.807) is 47.4 Å². The first kappa shape index (κ1) is 33.7. The molecule has 0 bridgehead atoms. The maximum absolute atomic E-state index is 14.7. The molecule has 0 radical (unpaired) electrons. The van der Waals surface area contributed by atoms with Gasteiger partial charge in [0.2, 0.25) is 11.8 Å². The highest BCUT2D eigenvalue weighted by molar-refractivity contribution is 7.92. The fraction of sp³-hybridized carbons (Fsp3) is 0.316. The molecule has 8 nitrogen and oxygen atoms in total. The number of sulfonamides is 1. The summed E-state index contributed by atoms with van der Waals surface area (Å²) in [5.74, 6) is -0.160. The Morgan fingerprint density at radius 3 is 2.11 bits per heavy atom. The van der Waals surface area contributed by atoms with E-state index in [2.05, 4.69) is 5.32 Å². The summed E-state index contributed by atoms with van der Waals surface area (Å²) in [6.07, 6.45) is 4.19. The second-order valence-electron chi connectivity index (χ2n) is 11.9. The van der Waals surface area contributed by atoms with Crippen molar-refractivity contribution in [1.82, 2.24) is 10.2 Å². The van der Waals surface area contributed by atoms with Gasteiger partial charge in [0.05, 0.1) is 17.2 Å². The van der Waals surface area contributed by atoms with Crippen molar-refractivity contribution in [1.29, 1.82) is 0 Å². The molecule has 47 heavy (non-hydrogen) atoms. The van der Waals surface area contributed by atoms with Crippen molar-refractivity contribution in [3.63, 3.8) is 0 Å². The maximum atomic E-state index is 14.7. The number of rotatable bonds is 14. The Kier molecular flexibility index (Phi) is 11.3. The van der Waals surface area contributed by atoms with Crippen LogP contribution >= 0.6 is 0 Å². The molecule has 0 saturated heterocycles. The number of carbonyl (C=O) groups is 2. The second kappa shape index (κ2) is 15.8. The molecule has 0 aliphatic heterocycles. The molecule has 1 fully saturated rings. The predicted octanol–water partition coefficient (Wildman–Crippen LogP) is 6.29. The Morgan fingerprint density at radius 1 is 0.851 bits per heavy atom. The number of hydrogen-bond donors (Lipinski definition) is 1. The lowest BCUT2D eigenvalue weighted by Gasteiger charge is -2.34. The summed E-state index contributed by atoms with van der Waals surface area (Å²) in [4.78, 5) is 30.4. The van der Waals surface area contributed by atoms with E-state index in [9.17, 15) is 18.0 Å². The highest BCUT2D eigenvalue weighted by atomic mass is 32.2. The maximum Gasteiger partial charge on any atom is 0.264 e. The molecule has 1 aliphatic carbocycles. The number of ether oxygens (including phenoxy) is 1. The van der Waals surface area contributed by atoms with E-state index < -0.39 is 28.5 Å². The number of carbonyl (C=O) groups excluding carboxylic acids is 2. The average molecular weight is 654 g/mol. The van der Waals surface area contributed by atoms with Crippen LogP contribution in [0.4, 0.5) is 5.69 Å². The Labute approximate surface area is 278 Å². The van der Waals surface area contributed by atoms with Gasteiger partial charge in [-0.3, -0.25) is 13.9 Å². The average Bonchev–Trinajstić information content (AvgIpc) is 3.60. The van der Waals surface area contributed by atoms with Crippen LogP contribution in [-0.2, 0) is 32.6 Å². The predicted molar refractivity (Wildman–Crippen MR) is 185 cm³/mol. The van der Waals surface area contributed by atoms with E-state index in [1.165, 1.54) is 12.1 Å². The van der Waals surface area contributed by atoms with E-state index in [0.29, 0.717) is 18.0 Å². The van der Waals surface area contributed by atoms with Crippen molar-refractivity contribution >= 4 is 27.5 Å². The van der Waals surface area contributed by atoms with Crippen LogP contribution in [0.5, 0.6) is 5.75 Å². The van der Waals surface area contributed by atoms with Gasteiger partial charge in [0.15, 0.2) is 0 Å². The topological polar surface area (TPSA) is 96.0 Å². The molecule has 4 aromatic carbocycles. The largest absolute Gasteiger partial charge is 0.494 e. The first-order valence-electron chi connectivity index (χ1n) is 16.2. The number of anilines is 1. The molecule has 1 saturated carbocycles. The van der Waals surface area contributed by atoms with Crippen LogP contribution in [0.25, 0.3) is 0 Å². The van der Waals surface area contributed by atoms with Crippen molar-refractivity contribution < 1.29 is 22.7 Å². The lowest BCUT2D eigenvalue weighted by atomic mass is 10.0. The van der Waals surface area contributed by atoms with Crippen LogP contribution in [0.1, 0.15) is 49.3 Å². The van der Waals surface area contributed by atoms with Crippen LogP contribution in [0, 0.1) is 6.92 Å². The van der Waals surface area contributed by atoms with Gasteiger partial charge in [0.1, 0.15) is 18.3 Å². The third-order valence-corrected chi connectivity index (χ3v) is 10.4. The molecule has 4 aromatic rings. The minimum Gasteiger partial charge on any atom is -0.494 e. The van der Waals surface area contributed by atoms with Gasteiger partial charge < -0.3 is 15.0 Å². The summed E-state index contributed by atoms with van der Waals surface area (Å²) >= 11 is 0. The number of benzene rings is 4. The third-order valence-electron chi connectivity index (χ3n) is 8.62. The molecular formula is C38H43N3O5S. The van der Waals surface area contributed by atoms with Gasteiger partial charge in [-0.25, -0.2) is 8.42 Å². The summed E-state index contributed by atoms with van der Waals surface area (Å²) in [5, 5.41) is 3.22. The molecule has 2 amide bonds. The zero-order valence-corrected chi connectivity index (χ0v) is 27.9. The summed E-state index contributed by atoms with van der Waals surface area (Å²) in [6, 6.07) is 31.3. The summed E-state index contributed by atoms with van der Waals surface area (Å²) < 4.78 is 35.1. The van der Waals surface area contributed by atoms with E-state index in [0.717, 1.165) is 46.7 Å². The molecule has 246 valence electrons. The summed E-state index contributed by atoms with van der Waals surface area (Å²) in [5.41, 5.74) is 3.11. The minimum absolute atomic E-state index is 0.0304. The molecule has 0 aromatic heterocycles. The van der Waals surface area contributed by atoms with Crippen molar-refractivity contribution in [3.05, 3.63) is 126 Å². The summed E-state index contributed by atoms with van der Waals surface area (Å²) in [7, 11) is -4.19. The minimum atomic E-state index is -4.19. The van der Waals surface area contributed by atoms with Gasteiger partial charge in [-0.15, -0.1) is 0 Å². The Bertz CT molecular complexity index is 1720. The van der Waals surface area contributed by atoms with Gasteiger partial charge in [0.25, 0.3) is 10.0 Å². The normalized spacial score (nSPS) is 13.9. The van der Waals surface area contributed by atoms with Gasteiger partial charge >= 0.3 is 0 Å². The molecule has 0 unspecified atom stereocenters. The molecule has 1 aliphatic rings. The van der Waals surface area contributed by atoms with Crippen LogP contribution in [0.3, 0.4) is 0 Å². The molecule has 9 heteroatoms. The zero-order chi connectivity index (χ0) is 33.2. The first-order chi connectivity index (χ1) is 22.8. The van der Waals surface area contributed by atoms with Gasteiger partial charge in [-0.2, -0.15) is 0 Å². The summed E-state index contributed by atoms with van der Waals surface area (Å²) in [6.45, 7) is 3.93. The van der Waals surface area contributed by atoms with Crippen LogP contribution in [0.15, 0.2) is 114 Å².